The first-order chi connectivity index (χ1) is 18.0. The standard InChI is InChI=1S/C28H33N5O4/c1-4-26(34)32-23-16-21-22(29-18-30-27(21)31-19(2)20-10-6-5-7-11-20)17-25(23)37-15-14-33-13-9-8-12-24(33)28(35)36-3/h4-7,10-11,16-19,24H,1,8-9,12-15H2,2-3H3,(H,32,34)(H,29,30,31)/t19-,24?/m1/s1. The summed E-state index contributed by atoms with van der Waals surface area (Å²) in [6.07, 6.45) is 5.51. The zero-order chi connectivity index (χ0) is 26.2. The molecule has 1 amide bonds. The fourth-order valence-electron chi connectivity index (χ4n) is 4.56. The highest BCUT2D eigenvalue weighted by atomic mass is 16.5. The van der Waals surface area contributed by atoms with Gasteiger partial charge < -0.3 is 20.1 Å². The van der Waals surface area contributed by atoms with E-state index < -0.39 is 0 Å². The third-order valence-corrected chi connectivity index (χ3v) is 6.56. The quantitative estimate of drug-likeness (QED) is 0.311. The molecule has 2 heterocycles. The van der Waals surface area contributed by atoms with Crippen molar-refractivity contribution in [2.45, 2.75) is 38.3 Å². The number of anilines is 2. The molecule has 1 aromatic heterocycles. The van der Waals surface area contributed by atoms with Gasteiger partial charge in [0, 0.05) is 24.0 Å². The van der Waals surface area contributed by atoms with Gasteiger partial charge in [-0.1, -0.05) is 43.3 Å². The molecular weight excluding hydrogens is 470 g/mol. The molecule has 1 aliphatic heterocycles. The van der Waals surface area contributed by atoms with Crippen LogP contribution in [0.2, 0.25) is 0 Å². The van der Waals surface area contributed by atoms with E-state index in [1.165, 1.54) is 19.5 Å². The molecule has 1 saturated heterocycles. The van der Waals surface area contributed by atoms with Gasteiger partial charge in [0.05, 0.1) is 18.3 Å². The molecule has 1 fully saturated rings. The molecule has 0 radical (unpaired) electrons. The van der Waals surface area contributed by atoms with Crippen LogP contribution in [0.5, 0.6) is 5.75 Å². The minimum Gasteiger partial charge on any atom is -0.490 e. The van der Waals surface area contributed by atoms with Crippen LogP contribution >= 0.6 is 0 Å². The second-order valence-electron chi connectivity index (χ2n) is 8.98. The van der Waals surface area contributed by atoms with Crippen molar-refractivity contribution in [1.29, 1.82) is 0 Å². The first-order valence-electron chi connectivity index (χ1n) is 12.5. The Morgan fingerprint density at radius 1 is 1.22 bits per heavy atom. The molecule has 0 aliphatic carbocycles. The molecule has 2 atom stereocenters. The van der Waals surface area contributed by atoms with Crippen LogP contribution in [0.3, 0.4) is 0 Å². The van der Waals surface area contributed by atoms with Gasteiger partial charge >= 0.3 is 5.97 Å². The number of methoxy groups -OCH3 is 1. The largest absolute Gasteiger partial charge is 0.490 e. The zero-order valence-electron chi connectivity index (χ0n) is 21.3. The van der Waals surface area contributed by atoms with Gasteiger partial charge in [-0.05, 0) is 44.0 Å². The number of nitrogens with one attached hydrogen (secondary N) is 2. The predicted octanol–water partition coefficient (Wildman–Crippen LogP) is 4.33. The van der Waals surface area contributed by atoms with E-state index in [1.807, 2.05) is 24.3 Å². The molecule has 9 nitrogen and oxygen atoms in total. The first kappa shape index (κ1) is 26.1. The number of likely N-dealkylation sites (tertiary alicyclic amines) is 1. The number of rotatable bonds is 10. The molecule has 0 spiro atoms. The zero-order valence-corrected chi connectivity index (χ0v) is 21.3. The molecule has 4 rings (SSSR count). The Balaban J connectivity index is 1.56. The Morgan fingerprint density at radius 2 is 2.03 bits per heavy atom. The fourth-order valence-corrected chi connectivity index (χ4v) is 4.56. The molecule has 194 valence electrons. The smallest absolute Gasteiger partial charge is 0.323 e. The summed E-state index contributed by atoms with van der Waals surface area (Å²) in [7, 11) is 1.42. The molecule has 3 aromatic rings. The van der Waals surface area contributed by atoms with E-state index in [0.29, 0.717) is 35.9 Å². The number of hydrogen-bond donors (Lipinski definition) is 2. The van der Waals surface area contributed by atoms with Gasteiger partial charge in [0.2, 0.25) is 5.91 Å². The molecule has 9 heteroatoms. The second kappa shape index (κ2) is 12.3. The number of fused-ring (bicyclic) bond motifs is 1. The van der Waals surface area contributed by atoms with Crippen LogP contribution in [0.4, 0.5) is 11.5 Å². The van der Waals surface area contributed by atoms with Gasteiger partial charge in [0.1, 0.15) is 30.5 Å². The number of esters is 1. The Labute approximate surface area is 216 Å². The molecule has 0 saturated carbocycles. The SMILES string of the molecule is C=CC(=O)Nc1cc2c(N[C@H](C)c3ccccc3)ncnc2cc1OCCN1CCCCC1C(=O)OC. The Kier molecular flexibility index (Phi) is 8.68. The lowest BCUT2D eigenvalue weighted by Gasteiger charge is -2.33. The summed E-state index contributed by atoms with van der Waals surface area (Å²) in [5, 5.41) is 7.03. The van der Waals surface area contributed by atoms with Crippen molar-refractivity contribution in [1.82, 2.24) is 14.9 Å². The van der Waals surface area contributed by atoms with Crippen molar-refractivity contribution in [3.8, 4) is 5.75 Å². The number of carbonyl (C=O) groups is 2. The summed E-state index contributed by atoms with van der Waals surface area (Å²) in [5.41, 5.74) is 2.29. The summed E-state index contributed by atoms with van der Waals surface area (Å²) in [6.45, 7) is 7.31. The van der Waals surface area contributed by atoms with E-state index in [0.717, 1.165) is 36.8 Å². The Hall–Kier alpha value is -3.98. The van der Waals surface area contributed by atoms with Gasteiger partial charge in [-0.3, -0.25) is 14.5 Å². The average Bonchev–Trinajstić information content (AvgIpc) is 2.93. The maximum atomic E-state index is 12.2. The van der Waals surface area contributed by atoms with Gasteiger partial charge in [-0.2, -0.15) is 0 Å². The van der Waals surface area contributed by atoms with Crippen molar-refractivity contribution in [3.05, 3.63) is 67.0 Å². The van der Waals surface area contributed by atoms with Gasteiger partial charge in [0.15, 0.2) is 0 Å². The molecule has 37 heavy (non-hydrogen) atoms. The van der Waals surface area contributed by atoms with Crippen molar-refractivity contribution in [2.24, 2.45) is 0 Å². The van der Waals surface area contributed by atoms with Crippen LogP contribution in [0.25, 0.3) is 10.9 Å². The van der Waals surface area contributed by atoms with E-state index in [-0.39, 0.29) is 24.0 Å². The molecular formula is C28H33N5O4. The summed E-state index contributed by atoms with van der Waals surface area (Å²) in [5.74, 6) is 0.562. The molecule has 0 bridgehead atoms. The van der Waals surface area contributed by atoms with Crippen molar-refractivity contribution >= 4 is 34.3 Å². The van der Waals surface area contributed by atoms with E-state index in [2.05, 4.69) is 51.1 Å². The minimum atomic E-state index is -0.352. The van der Waals surface area contributed by atoms with Crippen LogP contribution in [0, 0.1) is 0 Å². The third kappa shape index (κ3) is 6.42. The van der Waals surface area contributed by atoms with Crippen molar-refractivity contribution < 1.29 is 19.1 Å². The highest BCUT2D eigenvalue weighted by Crippen LogP contribution is 2.33. The summed E-state index contributed by atoms with van der Waals surface area (Å²) in [6, 6.07) is 13.4. The second-order valence-corrected chi connectivity index (χ2v) is 8.98. The van der Waals surface area contributed by atoms with Crippen LogP contribution < -0.4 is 15.4 Å². The number of benzene rings is 2. The Bertz CT molecular complexity index is 1250. The number of aromatic nitrogens is 2. The average molecular weight is 504 g/mol. The number of piperidine rings is 1. The van der Waals surface area contributed by atoms with E-state index in [4.69, 9.17) is 9.47 Å². The highest BCUT2D eigenvalue weighted by molar-refractivity contribution is 6.03. The highest BCUT2D eigenvalue weighted by Gasteiger charge is 2.29. The number of nitrogens with zero attached hydrogens (tertiary/aromatic N) is 3. The molecule has 2 aromatic carbocycles. The van der Waals surface area contributed by atoms with E-state index in [1.54, 1.807) is 6.07 Å². The van der Waals surface area contributed by atoms with Gasteiger partial charge in [-0.25, -0.2) is 9.97 Å². The van der Waals surface area contributed by atoms with Gasteiger partial charge in [-0.15, -0.1) is 0 Å². The van der Waals surface area contributed by atoms with Crippen LogP contribution in [-0.4, -0.2) is 59.6 Å². The van der Waals surface area contributed by atoms with E-state index >= 15 is 0 Å². The monoisotopic (exact) mass is 503 g/mol. The van der Waals surface area contributed by atoms with E-state index in [9.17, 15) is 9.59 Å². The predicted molar refractivity (Wildman–Crippen MR) is 144 cm³/mol. The molecule has 1 unspecified atom stereocenters. The number of carbonyl (C=O) groups excluding carboxylic acids is 2. The third-order valence-electron chi connectivity index (χ3n) is 6.56. The topological polar surface area (TPSA) is 106 Å². The molecule has 2 N–H and O–H groups in total. The summed E-state index contributed by atoms with van der Waals surface area (Å²) < 4.78 is 11.1. The summed E-state index contributed by atoms with van der Waals surface area (Å²) in [4.78, 5) is 35.4. The Morgan fingerprint density at radius 3 is 2.78 bits per heavy atom. The maximum absolute atomic E-state index is 12.2. The van der Waals surface area contributed by atoms with Crippen molar-refractivity contribution in [3.63, 3.8) is 0 Å². The van der Waals surface area contributed by atoms with Crippen LogP contribution in [0.1, 0.15) is 37.8 Å². The fraction of sp³-hybridized carbons (Fsp3) is 0.357. The lowest BCUT2D eigenvalue weighted by molar-refractivity contribution is -0.148. The molecule has 1 aliphatic rings. The normalized spacial score (nSPS) is 16.5. The van der Waals surface area contributed by atoms with Crippen LogP contribution in [0.15, 0.2) is 61.4 Å². The van der Waals surface area contributed by atoms with Gasteiger partial charge in [0.25, 0.3) is 0 Å². The number of hydrogen-bond acceptors (Lipinski definition) is 8. The minimum absolute atomic E-state index is 0.00809. The first-order valence-corrected chi connectivity index (χ1v) is 12.5. The van der Waals surface area contributed by atoms with Crippen molar-refractivity contribution in [2.75, 3.05) is 37.4 Å². The summed E-state index contributed by atoms with van der Waals surface area (Å²) >= 11 is 0. The van der Waals surface area contributed by atoms with Crippen LogP contribution in [-0.2, 0) is 14.3 Å². The number of amides is 1. The lowest BCUT2D eigenvalue weighted by atomic mass is 10.0. The maximum Gasteiger partial charge on any atom is 0.323 e. The lowest BCUT2D eigenvalue weighted by Crippen LogP contribution is -2.46. The number of ether oxygens (including phenoxy) is 2.